The van der Waals surface area contributed by atoms with E-state index in [0.29, 0.717) is 11.3 Å². The first-order valence-electron chi connectivity index (χ1n) is 13.9. The van der Waals surface area contributed by atoms with E-state index in [4.69, 9.17) is 4.74 Å². The van der Waals surface area contributed by atoms with Gasteiger partial charge in [-0.15, -0.1) is 0 Å². The van der Waals surface area contributed by atoms with Crippen LogP contribution in [0.5, 0.6) is 0 Å². The number of anilines is 1. The summed E-state index contributed by atoms with van der Waals surface area (Å²) in [4.78, 5) is 42.4. The number of hydrogen-bond acceptors (Lipinski definition) is 5. The van der Waals surface area contributed by atoms with Gasteiger partial charge in [-0.05, 0) is 80.5 Å². The lowest BCUT2D eigenvalue weighted by Crippen LogP contribution is -2.57. The van der Waals surface area contributed by atoms with Crippen LogP contribution in [0.1, 0.15) is 64.1 Å². The van der Waals surface area contributed by atoms with E-state index >= 15 is 0 Å². The molecule has 2 atom stereocenters. The third kappa shape index (κ3) is 7.16. The Morgan fingerprint density at radius 2 is 1.68 bits per heavy atom. The summed E-state index contributed by atoms with van der Waals surface area (Å²) in [7, 11) is 0. The summed E-state index contributed by atoms with van der Waals surface area (Å²) < 4.78 is 5.40. The minimum Gasteiger partial charge on any atom is -0.444 e. The van der Waals surface area contributed by atoms with E-state index in [1.54, 1.807) is 25.7 Å². The number of fused-ring (bicyclic) bond motifs is 1. The first kappa shape index (κ1) is 29.5. The molecule has 1 aliphatic carbocycles. The normalized spacial score (nSPS) is 15.0. The molecule has 4 rings (SSSR count). The fourth-order valence-electron chi connectivity index (χ4n) is 4.85. The molecule has 0 bridgehead atoms. The highest BCUT2D eigenvalue weighted by atomic mass is 32.1. The van der Waals surface area contributed by atoms with Gasteiger partial charge in [-0.1, -0.05) is 61.5 Å². The van der Waals surface area contributed by atoms with E-state index in [9.17, 15) is 14.4 Å². The highest BCUT2D eigenvalue weighted by Gasteiger charge is 2.41. The molecule has 0 aromatic heterocycles. The summed E-state index contributed by atoms with van der Waals surface area (Å²) in [5.41, 5.74) is 1.79. The number of hydrogen-bond donors (Lipinski definition) is 3. The summed E-state index contributed by atoms with van der Waals surface area (Å²) >= 11 is 4.38. The highest BCUT2D eigenvalue weighted by Crippen LogP contribution is 2.35. The first-order valence-corrected chi connectivity index (χ1v) is 14.5. The summed E-state index contributed by atoms with van der Waals surface area (Å²) in [6, 6.07) is 19.5. The monoisotopic (exact) mass is 561 g/mol. The number of thiol groups is 1. The number of alkyl carbamates (subject to hydrolysis) is 1. The Morgan fingerprint density at radius 1 is 1.00 bits per heavy atom. The van der Waals surface area contributed by atoms with Crippen LogP contribution >= 0.6 is 12.6 Å². The van der Waals surface area contributed by atoms with E-state index in [-0.39, 0.29) is 23.6 Å². The van der Waals surface area contributed by atoms with Crippen molar-refractivity contribution in [1.29, 1.82) is 0 Å². The first-order chi connectivity index (χ1) is 19.1. The smallest absolute Gasteiger partial charge is 0.408 e. The standard InChI is InChI=1S/C32H39N3O4S/c1-5-21-13-15-23(16-14-21)28(29(36)33-25-18-17-22-9-6-7-10-24(22)19-25)35(26-11-8-12-26)30(37)27(20-40)34-31(38)39-32(2,3)4/h6-7,9-10,13-19,26-28,40H,5,8,11-12,20H2,1-4H3,(H,33,36)(H,34,38). The van der Waals surface area contributed by atoms with Crippen LogP contribution in [-0.4, -0.2) is 46.2 Å². The van der Waals surface area contributed by atoms with Gasteiger partial charge in [0.25, 0.3) is 5.91 Å². The molecule has 2 unspecified atom stereocenters. The maximum Gasteiger partial charge on any atom is 0.408 e. The predicted octanol–water partition coefficient (Wildman–Crippen LogP) is 6.29. The second kappa shape index (κ2) is 12.8. The zero-order valence-corrected chi connectivity index (χ0v) is 24.5. The Balaban J connectivity index is 1.69. The van der Waals surface area contributed by atoms with Crippen LogP contribution in [0.25, 0.3) is 10.8 Å². The number of carbonyl (C=O) groups is 3. The van der Waals surface area contributed by atoms with Crippen molar-refractivity contribution in [1.82, 2.24) is 10.2 Å². The van der Waals surface area contributed by atoms with Crippen molar-refractivity contribution >= 4 is 47.0 Å². The van der Waals surface area contributed by atoms with Gasteiger partial charge in [-0.25, -0.2) is 4.79 Å². The highest BCUT2D eigenvalue weighted by molar-refractivity contribution is 7.80. The summed E-state index contributed by atoms with van der Waals surface area (Å²) in [5.74, 6) is -0.603. The molecule has 1 saturated carbocycles. The van der Waals surface area contributed by atoms with Gasteiger partial charge in [0.05, 0.1) is 0 Å². The maximum absolute atomic E-state index is 14.1. The van der Waals surface area contributed by atoms with Crippen molar-refractivity contribution < 1.29 is 19.1 Å². The average molecular weight is 562 g/mol. The number of aryl methyl sites for hydroxylation is 1. The molecule has 3 aromatic rings. The van der Waals surface area contributed by atoms with Crippen molar-refractivity contribution in [2.75, 3.05) is 11.1 Å². The van der Waals surface area contributed by atoms with Crippen LogP contribution in [0.2, 0.25) is 0 Å². The minimum atomic E-state index is -0.954. The van der Waals surface area contributed by atoms with Crippen molar-refractivity contribution in [3.63, 3.8) is 0 Å². The Bertz CT molecular complexity index is 1350. The lowest BCUT2D eigenvalue weighted by molar-refractivity contribution is -0.145. The maximum atomic E-state index is 14.1. The molecule has 0 aliphatic heterocycles. The largest absolute Gasteiger partial charge is 0.444 e. The van der Waals surface area contributed by atoms with Gasteiger partial charge < -0.3 is 20.3 Å². The van der Waals surface area contributed by atoms with Crippen LogP contribution in [0, 0.1) is 0 Å². The molecule has 3 aromatic carbocycles. The Morgan fingerprint density at radius 3 is 2.25 bits per heavy atom. The summed E-state index contributed by atoms with van der Waals surface area (Å²) in [6.07, 6.45) is 2.70. The molecule has 7 nitrogen and oxygen atoms in total. The minimum absolute atomic E-state index is 0.0646. The van der Waals surface area contributed by atoms with E-state index < -0.39 is 23.8 Å². The van der Waals surface area contributed by atoms with Gasteiger partial charge >= 0.3 is 6.09 Å². The van der Waals surface area contributed by atoms with Crippen molar-refractivity contribution in [2.24, 2.45) is 0 Å². The molecule has 1 fully saturated rings. The number of carbonyl (C=O) groups excluding carboxylic acids is 3. The molecule has 2 N–H and O–H groups in total. The molecule has 212 valence electrons. The molecule has 0 saturated heterocycles. The molecule has 1 aliphatic rings. The molecule has 0 spiro atoms. The van der Waals surface area contributed by atoms with Gasteiger partial charge in [0.2, 0.25) is 5.91 Å². The van der Waals surface area contributed by atoms with Crippen molar-refractivity contribution in [3.05, 3.63) is 77.9 Å². The number of ether oxygens (including phenoxy) is 1. The van der Waals surface area contributed by atoms with Crippen LogP contribution in [0.3, 0.4) is 0 Å². The third-order valence-electron chi connectivity index (χ3n) is 7.14. The van der Waals surface area contributed by atoms with Gasteiger partial charge in [-0.3, -0.25) is 9.59 Å². The number of rotatable bonds is 9. The molecule has 0 heterocycles. The number of nitrogens with zero attached hydrogens (tertiary/aromatic N) is 1. The van der Waals surface area contributed by atoms with E-state index in [2.05, 4.69) is 30.2 Å². The van der Waals surface area contributed by atoms with Crippen LogP contribution in [-0.2, 0) is 20.7 Å². The Labute approximate surface area is 242 Å². The molecular formula is C32H39N3O4S. The van der Waals surface area contributed by atoms with E-state index in [1.165, 1.54) is 0 Å². The van der Waals surface area contributed by atoms with E-state index in [1.807, 2.05) is 66.7 Å². The average Bonchev–Trinajstić information content (AvgIpc) is 2.89. The molecule has 8 heteroatoms. The lowest BCUT2D eigenvalue weighted by Gasteiger charge is -2.43. The zero-order chi connectivity index (χ0) is 28.9. The number of benzene rings is 3. The van der Waals surface area contributed by atoms with Gasteiger partial charge in [-0.2, -0.15) is 12.6 Å². The fourth-order valence-corrected chi connectivity index (χ4v) is 5.10. The number of nitrogens with one attached hydrogen (secondary N) is 2. The quantitative estimate of drug-likeness (QED) is 0.268. The Kier molecular flexibility index (Phi) is 9.40. The van der Waals surface area contributed by atoms with Crippen LogP contribution in [0.4, 0.5) is 10.5 Å². The van der Waals surface area contributed by atoms with Crippen molar-refractivity contribution in [2.45, 2.75) is 77.1 Å². The molecule has 0 radical (unpaired) electrons. The van der Waals surface area contributed by atoms with Gasteiger partial charge in [0, 0.05) is 17.5 Å². The van der Waals surface area contributed by atoms with Gasteiger partial charge in [0.15, 0.2) is 0 Å². The van der Waals surface area contributed by atoms with Gasteiger partial charge in [0.1, 0.15) is 17.7 Å². The zero-order valence-electron chi connectivity index (χ0n) is 23.6. The fraction of sp³-hybridized carbons (Fsp3) is 0.406. The molecule has 3 amide bonds. The second-order valence-corrected chi connectivity index (χ2v) is 11.6. The lowest BCUT2D eigenvalue weighted by atomic mass is 9.88. The third-order valence-corrected chi connectivity index (χ3v) is 7.51. The molecular weight excluding hydrogens is 522 g/mol. The van der Waals surface area contributed by atoms with Crippen LogP contribution < -0.4 is 10.6 Å². The predicted molar refractivity (Wildman–Crippen MR) is 163 cm³/mol. The molecule has 40 heavy (non-hydrogen) atoms. The topological polar surface area (TPSA) is 87.7 Å². The second-order valence-electron chi connectivity index (χ2n) is 11.3. The number of amides is 3. The summed E-state index contributed by atoms with van der Waals surface area (Å²) in [6.45, 7) is 7.36. The summed E-state index contributed by atoms with van der Waals surface area (Å²) in [5, 5.41) is 7.82. The Hall–Kier alpha value is -3.52. The van der Waals surface area contributed by atoms with Crippen molar-refractivity contribution in [3.8, 4) is 0 Å². The van der Waals surface area contributed by atoms with E-state index in [0.717, 1.165) is 42.0 Å². The SMILES string of the molecule is CCc1ccc(C(C(=O)Nc2ccc3ccccc3c2)N(C(=O)C(CS)NC(=O)OC(C)(C)C)C2CCC2)cc1. The van der Waals surface area contributed by atoms with Crippen LogP contribution in [0.15, 0.2) is 66.7 Å².